The molecule has 2 rings (SSSR count). The molecule has 0 radical (unpaired) electrons. The Kier molecular flexibility index (Phi) is 4.62. The fraction of sp³-hybridized carbons (Fsp3) is 0.182. The number of halogens is 8. The Morgan fingerprint density at radius 1 is 0.913 bits per heavy atom. The zero-order valence-electron chi connectivity index (χ0n) is 10.4. The summed E-state index contributed by atoms with van der Waals surface area (Å²) in [6, 6.07) is 0.837. The Bertz CT molecular complexity index is 770. The minimum absolute atomic E-state index is 0.418. The zero-order valence-corrected chi connectivity index (χ0v) is 12.7. The van der Waals surface area contributed by atoms with Crippen LogP contribution < -0.4 is 0 Å². The van der Waals surface area contributed by atoms with Crippen molar-refractivity contribution < 1.29 is 30.6 Å². The van der Waals surface area contributed by atoms with Crippen LogP contribution >= 0.6 is 23.2 Å². The molecule has 1 aromatic carbocycles. The van der Waals surface area contributed by atoms with Crippen LogP contribution in [0.5, 0.6) is 0 Å². The Morgan fingerprint density at radius 2 is 1.43 bits per heavy atom. The summed E-state index contributed by atoms with van der Waals surface area (Å²) in [6.07, 6.45) is -9.80. The highest BCUT2D eigenvalue weighted by molar-refractivity contribution is 7.67. The van der Waals surface area contributed by atoms with Crippen LogP contribution in [0.25, 0.3) is 5.70 Å². The van der Waals surface area contributed by atoms with Crippen LogP contribution in [0.3, 0.4) is 0 Å². The predicted octanol–water partition coefficient (Wildman–Crippen LogP) is 5.09. The third-order valence-corrected chi connectivity index (χ3v) is 3.70. The van der Waals surface area contributed by atoms with Crippen LogP contribution in [0, 0.1) is 0 Å². The van der Waals surface area contributed by atoms with Gasteiger partial charge in [0.05, 0.1) is 15.6 Å². The lowest BCUT2D eigenvalue weighted by Crippen LogP contribution is -2.18. The molecular formula is C11H2Cl2F6N2OS. The van der Waals surface area contributed by atoms with Crippen molar-refractivity contribution >= 4 is 45.1 Å². The molecule has 0 saturated heterocycles. The molecule has 1 heterocycles. The molecule has 3 nitrogen and oxygen atoms in total. The smallest absolute Gasteiger partial charge is 0.210 e. The topological polar surface area (TPSA) is 41.8 Å². The van der Waals surface area contributed by atoms with Crippen molar-refractivity contribution in [2.24, 2.45) is 10.2 Å². The summed E-state index contributed by atoms with van der Waals surface area (Å²) >= 11 is 10.7. The van der Waals surface area contributed by atoms with E-state index in [2.05, 4.69) is 10.2 Å². The van der Waals surface area contributed by atoms with Crippen molar-refractivity contribution in [2.45, 2.75) is 12.4 Å². The minimum atomic E-state index is -5.01. The predicted molar refractivity (Wildman–Crippen MR) is 72.4 cm³/mol. The van der Waals surface area contributed by atoms with E-state index in [0.717, 1.165) is 0 Å². The van der Waals surface area contributed by atoms with Gasteiger partial charge < -0.3 is 0 Å². The van der Waals surface area contributed by atoms with Crippen LogP contribution in [0.1, 0.15) is 11.1 Å². The van der Waals surface area contributed by atoms with E-state index in [4.69, 9.17) is 23.2 Å². The minimum Gasteiger partial charge on any atom is -0.210 e. The van der Waals surface area contributed by atoms with Gasteiger partial charge in [-0.1, -0.05) is 23.2 Å². The molecule has 0 N–H and O–H groups in total. The van der Waals surface area contributed by atoms with Crippen LogP contribution in [0.4, 0.5) is 26.3 Å². The maximum absolute atomic E-state index is 13.0. The highest BCUT2D eigenvalue weighted by Crippen LogP contribution is 2.44. The van der Waals surface area contributed by atoms with Crippen molar-refractivity contribution in [3.63, 3.8) is 0 Å². The fourth-order valence-corrected chi connectivity index (χ4v) is 2.78. The highest BCUT2D eigenvalue weighted by Gasteiger charge is 2.44. The number of rotatable bonds is 1. The number of alkyl halides is 6. The normalized spacial score (nSPS) is 15.6. The van der Waals surface area contributed by atoms with Gasteiger partial charge in [0.2, 0.25) is 0 Å². The first kappa shape index (κ1) is 18.0. The Hall–Kier alpha value is -1.39. The van der Waals surface area contributed by atoms with Gasteiger partial charge in [-0.05, 0) is 12.1 Å². The van der Waals surface area contributed by atoms with Gasteiger partial charge >= 0.3 is 12.4 Å². The van der Waals surface area contributed by atoms with Gasteiger partial charge in [-0.15, -0.1) is 10.2 Å². The maximum atomic E-state index is 13.0. The Balaban J connectivity index is 2.76. The lowest BCUT2D eigenvalue weighted by atomic mass is 10.0. The average Bonchev–Trinajstić information content (AvgIpc) is 2.80. The number of hydrogen-bond donors (Lipinski definition) is 0. The van der Waals surface area contributed by atoms with Gasteiger partial charge in [0.1, 0.15) is 22.5 Å². The molecular weight excluding hydrogens is 393 g/mol. The first-order chi connectivity index (χ1) is 10.5. The molecule has 124 valence electrons. The molecule has 1 aliphatic heterocycles. The van der Waals surface area contributed by atoms with E-state index in [-0.39, 0.29) is 0 Å². The second kappa shape index (κ2) is 5.91. The molecule has 0 aliphatic carbocycles. The van der Waals surface area contributed by atoms with Crippen LogP contribution in [-0.2, 0) is 17.4 Å². The first-order valence-electron chi connectivity index (χ1n) is 5.43. The van der Waals surface area contributed by atoms with Gasteiger partial charge in [-0.2, -0.15) is 26.3 Å². The van der Waals surface area contributed by atoms with Crippen molar-refractivity contribution in [1.82, 2.24) is 0 Å². The number of hydrogen-bond acceptors (Lipinski definition) is 2. The molecule has 0 aromatic heterocycles. The Morgan fingerprint density at radius 3 is 1.83 bits per heavy atom. The fourth-order valence-electron chi connectivity index (χ4n) is 1.75. The van der Waals surface area contributed by atoms with Crippen molar-refractivity contribution in [3.8, 4) is 0 Å². The molecule has 23 heavy (non-hydrogen) atoms. The molecule has 0 amide bonds. The summed E-state index contributed by atoms with van der Waals surface area (Å²) in [6.45, 7) is 0. The second-order valence-corrected chi connectivity index (χ2v) is 5.49. The van der Waals surface area contributed by atoms with Crippen molar-refractivity contribution in [3.05, 3.63) is 38.9 Å². The third kappa shape index (κ3) is 3.43. The molecule has 0 bridgehead atoms. The van der Waals surface area contributed by atoms with E-state index in [1.165, 1.54) is 0 Å². The van der Waals surface area contributed by atoms with Gasteiger partial charge in [-0.3, -0.25) is 0 Å². The number of benzene rings is 1. The molecule has 1 aliphatic rings. The van der Waals surface area contributed by atoms with E-state index in [1.54, 1.807) is 0 Å². The molecule has 0 spiro atoms. The summed E-state index contributed by atoms with van der Waals surface area (Å²) in [4.78, 5) is -0.973. The molecule has 0 fully saturated rings. The highest BCUT2D eigenvalue weighted by atomic mass is 35.5. The van der Waals surface area contributed by atoms with Gasteiger partial charge in [0, 0.05) is 5.56 Å². The third-order valence-electron chi connectivity index (χ3n) is 2.66. The summed E-state index contributed by atoms with van der Waals surface area (Å²) in [5, 5.41) is 4.87. The lowest BCUT2D eigenvalue weighted by Gasteiger charge is -2.13. The summed E-state index contributed by atoms with van der Waals surface area (Å²) in [5.74, 6) is 0. The summed E-state index contributed by atoms with van der Waals surface area (Å²) < 4.78 is 87.8. The number of azo groups is 1. The van der Waals surface area contributed by atoms with E-state index < -0.39 is 61.0 Å². The molecule has 0 atom stereocenters. The quantitative estimate of drug-likeness (QED) is 0.482. The van der Waals surface area contributed by atoms with Crippen LogP contribution in [0.2, 0.25) is 10.0 Å². The summed E-state index contributed by atoms with van der Waals surface area (Å²) in [7, 11) is 0. The molecule has 12 heteroatoms. The van der Waals surface area contributed by atoms with E-state index in [1.807, 2.05) is 0 Å². The van der Waals surface area contributed by atoms with Crippen molar-refractivity contribution in [1.29, 1.82) is 0 Å². The van der Waals surface area contributed by atoms with E-state index in [0.29, 0.717) is 12.1 Å². The maximum Gasteiger partial charge on any atom is 0.421 e. The zero-order chi connectivity index (χ0) is 17.6. The van der Waals surface area contributed by atoms with Gasteiger partial charge in [-0.25, -0.2) is 4.21 Å². The summed E-state index contributed by atoms with van der Waals surface area (Å²) in [5.41, 5.74) is -4.22. The molecule has 0 unspecified atom stereocenters. The Labute approximate surface area is 137 Å². The lowest BCUT2D eigenvalue weighted by molar-refractivity contribution is -0.137. The molecule has 0 saturated carbocycles. The van der Waals surface area contributed by atoms with Crippen molar-refractivity contribution in [2.75, 3.05) is 0 Å². The second-order valence-electron chi connectivity index (χ2n) is 4.12. The largest absolute Gasteiger partial charge is 0.421 e. The monoisotopic (exact) mass is 394 g/mol. The standard InChI is InChI=1S/C11H2Cl2F6N2OS/c12-4-1-3(10(14,15)16)2-5(13)6(4)8-7(11(17,18)19)9(23-22)21-20-8/h1-2H. The molecule has 1 aromatic rings. The first-order valence-corrected chi connectivity index (χ1v) is 6.93. The van der Waals surface area contributed by atoms with Gasteiger partial charge in [0.15, 0.2) is 4.99 Å². The van der Waals surface area contributed by atoms with E-state index >= 15 is 0 Å². The average molecular weight is 395 g/mol. The van der Waals surface area contributed by atoms with Gasteiger partial charge in [0.25, 0.3) is 0 Å². The van der Waals surface area contributed by atoms with Crippen LogP contribution in [0.15, 0.2) is 27.9 Å². The van der Waals surface area contributed by atoms with E-state index in [9.17, 15) is 30.6 Å². The van der Waals surface area contributed by atoms with Crippen LogP contribution in [-0.4, -0.2) is 15.4 Å². The SMILES string of the molecule is O=S=C1N=NC(c2c(Cl)cc(C(F)(F)F)cc2Cl)=C1C(F)(F)F. The number of nitrogens with zero attached hydrogens (tertiary/aromatic N) is 2.